The Morgan fingerprint density at radius 3 is 2.94 bits per heavy atom. The number of benzene rings is 1. The summed E-state index contributed by atoms with van der Waals surface area (Å²) in [6.07, 6.45) is 2.89. The summed E-state index contributed by atoms with van der Waals surface area (Å²) in [4.78, 5) is 0. The first-order chi connectivity index (χ1) is 8.65. The molecule has 1 heterocycles. The fourth-order valence-electron chi connectivity index (χ4n) is 1.71. The summed E-state index contributed by atoms with van der Waals surface area (Å²) >= 11 is 9.48. The van der Waals surface area contributed by atoms with Gasteiger partial charge in [-0.2, -0.15) is 5.10 Å². The van der Waals surface area contributed by atoms with Gasteiger partial charge < -0.3 is 5.32 Å². The second-order valence-electron chi connectivity index (χ2n) is 4.14. The number of rotatable bonds is 5. The van der Waals surface area contributed by atoms with Gasteiger partial charge in [0.1, 0.15) is 0 Å². The zero-order chi connectivity index (χ0) is 13.0. The van der Waals surface area contributed by atoms with Crippen molar-refractivity contribution in [3.05, 3.63) is 51.2 Å². The summed E-state index contributed by atoms with van der Waals surface area (Å²) < 4.78 is 2.90. The van der Waals surface area contributed by atoms with Crippen LogP contribution in [0.4, 0.5) is 0 Å². The number of hydrogen-bond donors (Lipinski definition) is 1. The van der Waals surface area contributed by atoms with Crippen LogP contribution >= 0.6 is 27.5 Å². The highest BCUT2D eigenvalue weighted by molar-refractivity contribution is 9.10. The van der Waals surface area contributed by atoms with E-state index in [1.807, 2.05) is 42.2 Å². The van der Waals surface area contributed by atoms with E-state index in [4.69, 9.17) is 11.6 Å². The lowest BCUT2D eigenvalue weighted by Gasteiger charge is -2.06. The molecule has 0 bridgehead atoms. The quantitative estimate of drug-likeness (QED) is 0.854. The first kappa shape index (κ1) is 13.6. The van der Waals surface area contributed by atoms with E-state index in [1.165, 1.54) is 5.56 Å². The van der Waals surface area contributed by atoms with Gasteiger partial charge in [0.05, 0.1) is 5.69 Å². The zero-order valence-electron chi connectivity index (χ0n) is 10.2. The summed E-state index contributed by atoms with van der Waals surface area (Å²) in [7, 11) is 1.93. The first-order valence-electron chi connectivity index (χ1n) is 5.78. The smallest absolute Gasteiger partial charge is 0.0637 e. The average molecular weight is 329 g/mol. The van der Waals surface area contributed by atoms with Crippen LogP contribution in [0.1, 0.15) is 11.3 Å². The minimum Gasteiger partial charge on any atom is -0.312 e. The Bertz CT molecular complexity index is 525. The third-order valence-electron chi connectivity index (χ3n) is 2.65. The Labute approximate surface area is 120 Å². The van der Waals surface area contributed by atoms with Gasteiger partial charge in [0.2, 0.25) is 0 Å². The molecule has 1 aromatic carbocycles. The molecule has 0 spiro atoms. The van der Waals surface area contributed by atoms with Crippen LogP contribution in [0, 0.1) is 0 Å². The van der Waals surface area contributed by atoms with Gasteiger partial charge in [0.25, 0.3) is 0 Å². The predicted molar refractivity (Wildman–Crippen MR) is 77.8 cm³/mol. The van der Waals surface area contributed by atoms with Gasteiger partial charge in [-0.25, -0.2) is 0 Å². The van der Waals surface area contributed by atoms with Gasteiger partial charge in [-0.3, -0.25) is 4.68 Å². The van der Waals surface area contributed by atoms with Crippen LogP contribution in [-0.2, 0) is 20.0 Å². The second kappa shape index (κ2) is 6.36. The standard InChI is InChI=1S/C13H15BrClN3/c1-18-7-5-12(17-18)4-6-16-9-10-8-11(15)2-3-13(10)14/h2-3,5,7-8,16H,4,6,9H2,1H3. The topological polar surface area (TPSA) is 29.9 Å². The highest BCUT2D eigenvalue weighted by Gasteiger charge is 2.01. The molecule has 0 radical (unpaired) electrons. The lowest BCUT2D eigenvalue weighted by molar-refractivity contribution is 0.664. The Balaban J connectivity index is 1.80. The molecular formula is C13H15BrClN3. The molecule has 0 amide bonds. The van der Waals surface area contributed by atoms with E-state index in [0.717, 1.165) is 34.7 Å². The van der Waals surface area contributed by atoms with Crippen LogP contribution < -0.4 is 5.32 Å². The molecule has 0 saturated heterocycles. The van der Waals surface area contributed by atoms with Crippen LogP contribution in [0.2, 0.25) is 5.02 Å². The fraction of sp³-hybridized carbons (Fsp3) is 0.308. The van der Waals surface area contributed by atoms with Crippen LogP contribution in [-0.4, -0.2) is 16.3 Å². The summed E-state index contributed by atoms with van der Waals surface area (Å²) in [5.74, 6) is 0. The highest BCUT2D eigenvalue weighted by Crippen LogP contribution is 2.20. The predicted octanol–water partition coefficient (Wildman–Crippen LogP) is 3.17. The molecule has 3 nitrogen and oxygen atoms in total. The summed E-state index contributed by atoms with van der Waals surface area (Å²) in [5, 5.41) is 8.49. The molecule has 1 aromatic heterocycles. The van der Waals surface area contributed by atoms with E-state index in [9.17, 15) is 0 Å². The van der Waals surface area contributed by atoms with E-state index >= 15 is 0 Å². The second-order valence-corrected chi connectivity index (χ2v) is 5.43. The van der Waals surface area contributed by atoms with Gasteiger partial charge in [-0.15, -0.1) is 0 Å². The van der Waals surface area contributed by atoms with E-state index in [2.05, 4.69) is 26.3 Å². The largest absolute Gasteiger partial charge is 0.312 e. The van der Waals surface area contributed by atoms with E-state index in [-0.39, 0.29) is 0 Å². The van der Waals surface area contributed by atoms with E-state index in [1.54, 1.807) is 0 Å². The van der Waals surface area contributed by atoms with Crippen LogP contribution in [0.15, 0.2) is 34.9 Å². The SMILES string of the molecule is Cn1ccc(CCNCc2cc(Cl)ccc2Br)n1. The lowest BCUT2D eigenvalue weighted by Crippen LogP contribution is -2.17. The summed E-state index contributed by atoms with van der Waals surface area (Å²) in [6, 6.07) is 7.86. The van der Waals surface area contributed by atoms with Crippen LogP contribution in [0.25, 0.3) is 0 Å². The third-order valence-corrected chi connectivity index (χ3v) is 3.66. The van der Waals surface area contributed by atoms with Gasteiger partial charge in [-0.1, -0.05) is 27.5 Å². The van der Waals surface area contributed by atoms with Crippen molar-refractivity contribution in [3.63, 3.8) is 0 Å². The molecule has 1 N–H and O–H groups in total. The molecule has 0 aliphatic rings. The van der Waals surface area contributed by atoms with Crippen LogP contribution in [0.3, 0.4) is 0 Å². The molecule has 0 aliphatic carbocycles. The Morgan fingerprint density at radius 1 is 1.39 bits per heavy atom. The van der Waals surface area contributed by atoms with Gasteiger partial charge in [-0.05, 0) is 29.8 Å². The minimum atomic E-state index is 0.764. The number of hydrogen-bond acceptors (Lipinski definition) is 2. The maximum Gasteiger partial charge on any atom is 0.0637 e. The number of nitrogens with one attached hydrogen (secondary N) is 1. The first-order valence-corrected chi connectivity index (χ1v) is 6.95. The van der Waals surface area contributed by atoms with E-state index in [0.29, 0.717) is 0 Å². The van der Waals surface area contributed by atoms with Crippen molar-refractivity contribution in [2.24, 2.45) is 7.05 Å². The third kappa shape index (κ3) is 3.83. The number of aromatic nitrogens is 2. The molecule has 2 aromatic rings. The molecule has 0 atom stereocenters. The van der Waals surface area contributed by atoms with Crippen LogP contribution in [0.5, 0.6) is 0 Å². The Hall–Kier alpha value is -0.840. The van der Waals surface area contributed by atoms with Crippen molar-refractivity contribution in [1.29, 1.82) is 0 Å². The number of nitrogens with zero attached hydrogens (tertiary/aromatic N) is 2. The average Bonchev–Trinajstić information content (AvgIpc) is 2.75. The Kier molecular flexibility index (Phi) is 4.80. The molecule has 5 heteroatoms. The molecule has 0 fully saturated rings. The maximum absolute atomic E-state index is 5.97. The number of aryl methyl sites for hydroxylation is 1. The van der Waals surface area contributed by atoms with Gasteiger partial charge >= 0.3 is 0 Å². The maximum atomic E-state index is 5.97. The van der Waals surface area contributed by atoms with Crippen molar-refractivity contribution < 1.29 is 0 Å². The lowest BCUT2D eigenvalue weighted by atomic mass is 10.2. The fourth-order valence-corrected chi connectivity index (χ4v) is 2.30. The molecule has 0 saturated carbocycles. The zero-order valence-corrected chi connectivity index (χ0v) is 12.5. The van der Waals surface area contributed by atoms with Crippen molar-refractivity contribution >= 4 is 27.5 Å². The molecule has 0 aliphatic heterocycles. The normalized spacial score (nSPS) is 10.8. The highest BCUT2D eigenvalue weighted by atomic mass is 79.9. The molecule has 96 valence electrons. The molecule has 0 unspecified atom stereocenters. The van der Waals surface area contributed by atoms with Crippen molar-refractivity contribution in [1.82, 2.24) is 15.1 Å². The molecule has 18 heavy (non-hydrogen) atoms. The summed E-state index contributed by atoms with van der Waals surface area (Å²) in [5.41, 5.74) is 2.28. The minimum absolute atomic E-state index is 0.764. The Morgan fingerprint density at radius 2 is 2.22 bits per heavy atom. The summed E-state index contributed by atoms with van der Waals surface area (Å²) in [6.45, 7) is 1.70. The van der Waals surface area contributed by atoms with Crippen molar-refractivity contribution in [2.75, 3.05) is 6.54 Å². The van der Waals surface area contributed by atoms with Gasteiger partial charge in [0.15, 0.2) is 0 Å². The molecular weight excluding hydrogens is 314 g/mol. The van der Waals surface area contributed by atoms with Crippen molar-refractivity contribution in [3.8, 4) is 0 Å². The van der Waals surface area contributed by atoms with Crippen molar-refractivity contribution in [2.45, 2.75) is 13.0 Å². The van der Waals surface area contributed by atoms with E-state index < -0.39 is 0 Å². The monoisotopic (exact) mass is 327 g/mol. The van der Waals surface area contributed by atoms with Gasteiger partial charge in [0, 0.05) is 42.3 Å². The molecule has 2 rings (SSSR count). The number of halogens is 2.